The predicted molar refractivity (Wildman–Crippen MR) is 16.5 cm³/mol. The largest absolute Gasteiger partial charge is 2.00 e. The van der Waals surface area contributed by atoms with Crippen molar-refractivity contribution >= 4 is 40.1 Å². The van der Waals surface area contributed by atoms with Crippen LogP contribution in [0.15, 0.2) is 0 Å². The molecule has 2 N–H and O–H groups in total. The molecule has 0 aromatic heterocycles. The fourth-order valence-electron chi connectivity index (χ4n) is 0. The maximum absolute atomic E-state index is 8.64. The Bertz CT molecular complexity index is 130. The quantitative estimate of drug-likeness (QED) is 0.249. The Morgan fingerprint density at radius 1 is 0.571 bits per heavy atom. The Balaban J connectivity index is -0.0000000178. The molecule has 0 bridgehead atoms. The molecule has 0 radical (unpaired) electrons. The molecule has 14 heteroatoms. The van der Waals surface area contributed by atoms with Gasteiger partial charge in [0.2, 0.25) is 0 Å². The van der Waals surface area contributed by atoms with Crippen molar-refractivity contribution in [2.75, 3.05) is 0 Å². The minimum Gasteiger partial charge on any atom is 2.00 e. The molecule has 0 saturated heterocycles. The Morgan fingerprint density at radius 2 is 0.571 bits per heavy atom. The van der Waals surface area contributed by atoms with E-state index < -0.39 is 40.1 Å². The van der Waals surface area contributed by atoms with Gasteiger partial charge in [0.05, 0.1) is 0 Å². The molecule has 0 aliphatic carbocycles. The maximum Gasteiger partial charge on any atom is 2.00 e. The zero-order valence-electron chi connectivity index (χ0n) is 6.78. The van der Waals surface area contributed by atoms with Gasteiger partial charge in [0, 0.05) is 0 Å². The Hall–Kier alpha value is 2.83. The third-order valence-electron chi connectivity index (χ3n) is 0. The van der Waals surface area contributed by atoms with Gasteiger partial charge in [-0.2, -0.15) is 0 Å². The number of hydrogen-bond donors (Lipinski definition) is 0. The summed E-state index contributed by atoms with van der Waals surface area (Å²) >= 11 is -12.2. The van der Waals surface area contributed by atoms with E-state index in [1.807, 2.05) is 0 Å². The molecular weight excluding hydrogens is 584 g/mol. The zero-order valence-corrected chi connectivity index (χ0v) is 20.8. The van der Waals surface area contributed by atoms with Crippen molar-refractivity contribution in [3.63, 3.8) is 0 Å². The van der Waals surface area contributed by atoms with E-state index in [1.165, 1.54) is 0 Å². The van der Waals surface area contributed by atoms with Crippen LogP contribution in [0.5, 0.6) is 0 Å². The molecule has 0 aliphatic heterocycles. The predicted octanol–water partition coefficient (Wildman–Crippen LogP) is -8.97. The van der Waals surface area contributed by atoms with Crippen LogP contribution < -0.4 is 20.3 Å². The normalized spacial score (nSPS) is 8.43. The summed E-state index contributed by atoms with van der Waals surface area (Å²) in [6.07, 6.45) is 0. The molecule has 0 fully saturated rings. The summed E-state index contributed by atoms with van der Waals surface area (Å²) < 4.78 is 69.1. The molecule has 0 atom stereocenters. The van der Waals surface area contributed by atoms with E-state index in [9.17, 15) is 0 Å². The van der Waals surface area contributed by atoms with Crippen LogP contribution in [0.25, 0.3) is 0 Å². The first-order valence-corrected chi connectivity index (χ1v) is 9.80. The Kier molecular flexibility index (Phi) is 40.6. The summed E-state index contributed by atoms with van der Waals surface area (Å²) in [5.74, 6) is 0. The van der Waals surface area contributed by atoms with Crippen molar-refractivity contribution in [2.24, 2.45) is 0 Å². The van der Waals surface area contributed by atoms with Crippen LogP contribution >= 0.6 is 0 Å². The van der Waals surface area contributed by atoms with Gasteiger partial charge in [-0.05, 0) is 0 Å². The zero-order chi connectivity index (χ0) is 9.00. The summed E-state index contributed by atoms with van der Waals surface area (Å²) in [5.41, 5.74) is 0. The van der Waals surface area contributed by atoms with Gasteiger partial charge in [-0.3, -0.25) is 0 Å². The fourth-order valence-corrected chi connectivity index (χ4v) is 0. The monoisotopic (exact) mass is 580 g/mol. The van der Waals surface area contributed by atoms with Crippen LogP contribution in [0.2, 0.25) is 0 Å². The summed E-state index contributed by atoms with van der Waals surface area (Å²) in [6.45, 7) is 0. The van der Waals surface area contributed by atoms with Crippen LogP contribution in [-0.2, 0) is 64.5 Å². The summed E-state index contributed by atoms with van der Waals surface area (Å²) in [5, 5.41) is 0. The number of rotatable bonds is 0. The smallest absolute Gasteiger partial charge is 2.00 e. The van der Waals surface area contributed by atoms with Gasteiger partial charge in [-0.1, -0.05) is 0 Å². The average molecular weight is 586 g/mol. The molecule has 0 aliphatic rings. The van der Waals surface area contributed by atoms with E-state index in [2.05, 4.69) is 0 Å². The average Bonchev–Trinajstić information content (AvgIpc) is 1.12. The van der Waals surface area contributed by atoms with Crippen molar-refractivity contribution in [2.45, 2.75) is 0 Å². The number of hydrogen-bond acceptors (Lipinski definition) is 8. The molecule has 0 rings (SSSR count). The van der Waals surface area contributed by atoms with Crippen molar-refractivity contribution in [3.05, 3.63) is 0 Å². The van der Waals surface area contributed by atoms with E-state index in [-0.39, 0.29) is 63.9 Å². The van der Waals surface area contributed by atoms with E-state index in [0.717, 1.165) is 0 Å². The molecule has 0 heterocycles. The molecule has 0 unspecified atom stereocenters. The second-order valence-corrected chi connectivity index (χ2v) is 6.00. The van der Waals surface area contributed by atoms with Crippen LogP contribution in [0.1, 0.15) is 0 Å². The van der Waals surface area contributed by atoms with E-state index in [1.54, 1.807) is 0 Å². The third-order valence-corrected chi connectivity index (χ3v) is 0. The summed E-state index contributed by atoms with van der Waals surface area (Å²) in [4.78, 5) is 0. The molecule has 14 heavy (non-hydrogen) atoms. The van der Waals surface area contributed by atoms with Gasteiger partial charge in [-0.15, -0.1) is 0 Å². The van der Waals surface area contributed by atoms with Gasteiger partial charge in [0.25, 0.3) is 0 Å². The maximum atomic E-state index is 8.64. The molecule has 0 amide bonds. The van der Waals surface area contributed by atoms with E-state index >= 15 is 0 Å². The van der Waals surface area contributed by atoms with Crippen molar-refractivity contribution in [3.8, 4) is 0 Å². The van der Waals surface area contributed by atoms with Gasteiger partial charge >= 0.3 is 125 Å². The summed E-state index contributed by atoms with van der Waals surface area (Å²) in [7, 11) is 0. The van der Waals surface area contributed by atoms with Gasteiger partial charge in [-0.25, -0.2) is 0 Å². The second kappa shape index (κ2) is 15.8. The molecule has 72 valence electrons. The molecular formula is H2O9Sb2Zn3. The van der Waals surface area contributed by atoms with Gasteiger partial charge < -0.3 is 5.48 Å². The standard InChI is InChI=1S/H2O.8O.2Sb.3Zn/h1H2;;;;;;;;;;;;;/q;;;6*-1;;;3*+2. The molecule has 0 spiro atoms. The van der Waals surface area contributed by atoms with Crippen molar-refractivity contribution < 1.29 is 90.3 Å². The van der Waals surface area contributed by atoms with Crippen LogP contribution in [0, 0.1) is 0 Å². The fraction of sp³-hybridized carbons (Fsp3) is 0. The minimum absolute atomic E-state index is 0. The molecule has 0 aromatic carbocycles. The van der Waals surface area contributed by atoms with E-state index in [4.69, 9.17) is 26.3 Å². The summed E-state index contributed by atoms with van der Waals surface area (Å²) in [6, 6.07) is 0. The van der Waals surface area contributed by atoms with Crippen LogP contribution in [-0.4, -0.2) is 45.6 Å². The topological polar surface area (TPSA) is 204 Å². The van der Waals surface area contributed by atoms with Crippen LogP contribution in [0.4, 0.5) is 0 Å². The third kappa shape index (κ3) is 355. The van der Waals surface area contributed by atoms with E-state index in [0.29, 0.717) is 0 Å². The van der Waals surface area contributed by atoms with Crippen molar-refractivity contribution in [1.29, 1.82) is 0 Å². The van der Waals surface area contributed by atoms with Crippen molar-refractivity contribution in [1.82, 2.24) is 0 Å². The SMILES string of the molecule is O.[O]=[Sb]([O-])([O-])[O-].[O]=[Sb]([O-])([O-])[O-].[Zn+2].[Zn+2].[Zn+2]. The molecule has 0 saturated carbocycles. The van der Waals surface area contributed by atoms with Gasteiger partial charge in [0.15, 0.2) is 0 Å². The molecule has 0 aromatic rings. The first-order chi connectivity index (χ1) is 4.00. The first kappa shape index (κ1) is 36.0. The Labute approximate surface area is 128 Å². The Morgan fingerprint density at radius 3 is 0.571 bits per heavy atom. The van der Waals surface area contributed by atoms with Crippen LogP contribution in [0.3, 0.4) is 0 Å². The molecule has 9 nitrogen and oxygen atoms in total. The van der Waals surface area contributed by atoms with Gasteiger partial charge in [0.1, 0.15) is 0 Å². The first-order valence-electron chi connectivity index (χ1n) is 1.46. The second-order valence-electron chi connectivity index (χ2n) is 0.894. The minimum atomic E-state index is -6.10.